The van der Waals surface area contributed by atoms with Crippen LogP contribution in [0.15, 0.2) is 18.2 Å². The number of nitrogen functional groups attached to an aromatic ring is 1. The average molecular weight is 569 g/mol. The number of aliphatic hydroxyl groups is 2. The van der Waals surface area contributed by atoms with E-state index in [4.69, 9.17) is 19.9 Å². The Kier molecular flexibility index (Phi) is 7.30. The van der Waals surface area contributed by atoms with Crippen molar-refractivity contribution in [1.82, 2.24) is 4.90 Å². The molecule has 2 saturated heterocycles. The van der Waals surface area contributed by atoms with E-state index in [-0.39, 0.29) is 71.0 Å². The molecular formula is C29H32N2O10. The number of carbonyl (C=O) groups excluding carboxylic acids is 3. The second-order valence-corrected chi connectivity index (χ2v) is 10.9. The van der Waals surface area contributed by atoms with Crippen LogP contribution in [0.3, 0.4) is 0 Å². The van der Waals surface area contributed by atoms with Crippen molar-refractivity contribution in [3.05, 3.63) is 51.6 Å². The van der Waals surface area contributed by atoms with Crippen LogP contribution in [0.2, 0.25) is 0 Å². The SMILES string of the molecule is Nc1cccc2c1C(=O)c1c(O)c3c(c(O)c1C2=O)CC(C(=O)CO)C[C@@H]3OC1C[C@H](N2CCOCC2)[C@H](O)CO1. The Hall–Kier alpha value is -3.39. The molecule has 41 heavy (non-hydrogen) atoms. The zero-order valence-corrected chi connectivity index (χ0v) is 22.2. The van der Waals surface area contributed by atoms with E-state index in [0.29, 0.717) is 26.3 Å². The predicted octanol–water partition coefficient (Wildman–Crippen LogP) is 0.445. The molecule has 6 rings (SSSR count). The molecule has 2 aliphatic carbocycles. The number of anilines is 1. The maximum absolute atomic E-state index is 13.6. The molecule has 0 aromatic heterocycles. The Morgan fingerprint density at radius 2 is 1.78 bits per heavy atom. The lowest BCUT2D eigenvalue weighted by molar-refractivity contribution is -0.232. The third-order valence-corrected chi connectivity index (χ3v) is 8.66. The topological polar surface area (TPSA) is 189 Å². The molecule has 2 aromatic carbocycles. The van der Waals surface area contributed by atoms with Gasteiger partial charge in [0.05, 0.1) is 48.7 Å². The van der Waals surface area contributed by atoms with Gasteiger partial charge in [0.15, 0.2) is 23.6 Å². The number of fused-ring (bicyclic) bond motifs is 3. The summed E-state index contributed by atoms with van der Waals surface area (Å²) in [6, 6.07) is 4.14. The fourth-order valence-corrected chi connectivity index (χ4v) is 6.58. The second-order valence-electron chi connectivity index (χ2n) is 10.9. The Bertz CT molecular complexity index is 1420. The van der Waals surface area contributed by atoms with Crippen LogP contribution in [0.25, 0.3) is 0 Å². The van der Waals surface area contributed by atoms with Crippen molar-refractivity contribution in [2.24, 2.45) is 5.92 Å². The molecule has 0 amide bonds. The van der Waals surface area contributed by atoms with E-state index in [1.165, 1.54) is 18.2 Å². The van der Waals surface area contributed by atoms with E-state index in [1.807, 2.05) is 0 Å². The van der Waals surface area contributed by atoms with Gasteiger partial charge < -0.3 is 40.4 Å². The molecule has 2 aromatic rings. The van der Waals surface area contributed by atoms with Crippen molar-refractivity contribution in [1.29, 1.82) is 0 Å². The first-order valence-electron chi connectivity index (χ1n) is 13.7. The van der Waals surface area contributed by atoms with Gasteiger partial charge in [-0.15, -0.1) is 0 Å². The Balaban J connectivity index is 1.40. The van der Waals surface area contributed by atoms with Gasteiger partial charge in [0.1, 0.15) is 18.1 Å². The molecule has 218 valence electrons. The van der Waals surface area contributed by atoms with E-state index in [1.54, 1.807) is 0 Å². The third kappa shape index (κ3) is 4.60. The van der Waals surface area contributed by atoms with Crippen LogP contribution in [-0.2, 0) is 25.4 Å². The summed E-state index contributed by atoms with van der Waals surface area (Å²) in [7, 11) is 0. The zero-order valence-electron chi connectivity index (χ0n) is 22.2. The zero-order chi connectivity index (χ0) is 29.0. The lowest BCUT2D eigenvalue weighted by atomic mass is 9.73. The minimum absolute atomic E-state index is 0.00423. The molecule has 0 bridgehead atoms. The fourth-order valence-electron chi connectivity index (χ4n) is 6.58. The molecule has 2 fully saturated rings. The number of nitrogens with zero attached hydrogens (tertiary/aromatic N) is 1. The first-order valence-corrected chi connectivity index (χ1v) is 13.7. The van der Waals surface area contributed by atoms with E-state index in [0.717, 1.165) is 0 Å². The van der Waals surface area contributed by atoms with Gasteiger partial charge in [-0.1, -0.05) is 12.1 Å². The van der Waals surface area contributed by atoms with Crippen LogP contribution in [-0.4, -0.2) is 101 Å². The predicted molar refractivity (Wildman–Crippen MR) is 142 cm³/mol. The maximum atomic E-state index is 13.6. The van der Waals surface area contributed by atoms with Crippen LogP contribution >= 0.6 is 0 Å². The van der Waals surface area contributed by atoms with E-state index < -0.39 is 59.9 Å². The number of ether oxygens (including phenoxy) is 3. The minimum Gasteiger partial charge on any atom is -0.507 e. The first kappa shape index (κ1) is 27.8. The minimum atomic E-state index is -1.03. The number of carbonyl (C=O) groups is 3. The van der Waals surface area contributed by atoms with Crippen molar-refractivity contribution in [2.45, 2.75) is 43.8 Å². The maximum Gasteiger partial charge on any atom is 0.200 e. The number of hydrogen-bond acceptors (Lipinski definition) is 12. The van der Waals surface area contributed by atoms with E-state index in [9.17, 15) is 34.8 Å². The van der Waals surface area contributed by atoms with Gasteiger partial charge in [0.25, 0.3) is 0 Å². The summed E-state index contributed by atoms with van der Waals surface area (Å²) in [4.78, 5) is 41.8. The summed E-state index contributed by atoms with van der Waals surface area (Å²) in [6.45, 7) is 1.60. The lowest BCUT2D eigenvalue weighted by Crippen LogP contribution is -2.55. The first-order chi connectivity index (χ1) is 19.7. The van der Waals surface area contributed by atoms with E-state index in [2.05, 4.69) is 4.90 Å². The average Bonchev–Trinajstić information content (AvgIpc) is 2.98. The molecular weight excluding hydrogens is 536 g/mol. The Labute approximate surface area is 235 Å². The quantitative estimate of drug-likeness (QED) is 0.211. The number of nitrogens with two attached hydrogens (primary N) is 1. The van der Waals surface area contributed by atoms with Gasteiger partial charge in [-0.25, -0.2) is 0 Å². The highest BCUT2D eigenvalue weighted by Crippen LogP contribution is 2.51. The standard InChI is InChI=1S/C29H32N2O10/c30-16-3-1-2-14-22(16)28(37)25-24(26(14)35)27(36)15-8-13(18(33)11-32)9-20(23(15)29(25)38)41-21-10-17(19(34)12-40-21)31-4-6-39-7-5-31/h1-3,13,17,19-21,32,34,36,38H,4-12,30H2/t13?,17-,19+,20-,21?/m0/s1. The van der Waals surface area contributed by atoms with Gasteiger partial charge in [-0.3, -0.25) is 19.3 Å². The summed E-state index contributed by atoms with van der Waals surface area (Å²) in [5, 5.41) is 43.2. The van der Waals surface area contributed by atoms with Crippen molar-refractivity contribution < 1.29 is 49.0 Å². The largest absolute Gasteiger partial charge is 0.507 e. The third-order valence-electron chi connectivity index (χ3n) is 8.66. The number of morpholine rings is 1. The van der Waals surface area contributed by atoms with Crippen LogP contribution in [0, 0.1) is 5.92 Å². The van der Waals surface area contributed by atoms with Gasteiger partial charge in [-0.05, 0) is 18.9 Å². The number of hydrogen-bond donors (Lipinski definition) is 5. The highest BCUT2D eigenvalue weighted by molar-refractivity contribution is 6.32. The van der Waals surface area contributed by atoms with Crippen LogP contribution in [0.1, 0.15) is 61.9 Å². The molecule has 2 aliphatic heterocycles. The molecule has 6 N–H and O–H groups in total. The second kappa shape index (κ2) is 10.8. The van der Waals surface area contributed by atoms with Gasteiger partial charge in [0.2, 0.25) is 0 Å². The molecule has 0 spiro atoms. The molecule has 5 atom stereocenters. The highest BCUT2D eigenvalue weighted by atomic mass is 16.7. The molecule has 2 unspecified atom stereocenters. The summed E-state index contributed by atoms with van der Waals surface area (Å²) in [6.07, 6.45) is -2.40. The van der Waals surface area contributed by atoms with Crippen LogP contribution in [0.5, 0.6) is 11.5 Å². The number of aromatic hydroxyl groups is 2. The number of ketones is 3. The molecule has 2 heterocycles. The summed E-state index contributed by atoms with van der Waals surface area (Å²) < 4.78 is 17.5. The number of benzene rings is 2. The van der Waals surface area contributed by atoms with Crippen molar-refractivity contribution in [2.75, 3.05) is 45.3 Å². The Morgan fingerprint density at radius 1 is 1.05 bits per heavy atom. The summed E-state index contributed by atoms with van der Waals surface area (Å²) in [5.74, 6) is -3.71. The van der Waals surface area contributed by atoms with Crippen LogP contribution < -0.4 is 5.73 Å². The number of Topliss-reactive ketones (excluding diaryl/α,β-unsaturated/α-hetero) is 1. The van der Waals surface area contributed by atoms with Crippen LogP contribution in [0.4, 0.5) is 5.69 Å². The van der Waals surface area contributed by atoms with Crippen molar-refractivity contribution in [3.8, 4) is 11.5 Å². The molecule has 12 heteroatoms. The Morgan fingerprint density at radius 3 is 2.51 bits per heavy atom. The normalized spacial score (nSPS) is 28.1. The smallest absolute Gasteiger partial charge is 0.200 e. The monoisotopic (exact) mass is 568 g/mol. The summed E-state index contributed by atoms with van der Waals surface area (Å²) in [5.41, 5.74) is 5.49. The molecule has 0 saturated carbocycles. The molecule has 0 radical (unpaired) electrons. The van der Waals surface area contributed by atoms with Crippen molar-refractivity contribution >= 4 is 23.0 Å². The highest BCUT2D eigenvalue weighted by Gasteiger charge is 2.45. The number of aliphatic hydroxyl groups excluding tert-OH is 2. The van der Waals surface area contributed by atoms with Gasteiger partial charge >= 0.3 is 0 Å². The number of phenols is 2. The van der Waals surface area contributed by atoms with Crippen molar-refractivity contribution in [3.63, 3.8) is 0 Å². The number of rotatable bonds is 5. The summed E-state index contributed by atoms with van der Waals surface area (Å²) >= 11 is 0. The van der Waals surface area contributed by atoms with Gasteiger partial charge in [-0.2, -0.15) is 0 Å². The molecule has 12 nitrogen and oxygen atoms in total. The molecule has 4 aliphatic rings. The lowest BCUT2D eigenvalue weighted by Gasteiger charge is -2.43. The van der Waals surface area contributed by atoms with Gasteiger partial charge in [0, 0.05) is 53.8 Å². The number of phenolic OH excluding ortho intramolecular Hbond substituents is 2. The van der Waals surface area contributed by atoms with E-state index >= 15 is 0 Å². The fraction of sp³-hybridized carbons (Fsp3) is 0.483.